The molecule has 0 aromatic rings. The molecule has 1 aliphatic rings. The van der Waals surface area contributed by atoms with Crippen molar-refractivity contribution >= 4 is 11.8 Å². The van der Waals surface area contributed by atoms with E-state index in [9.17, 15) is 22.8 Å². The Morgan fingerprint density at radius 1 is 1.36 bits per heavy atom. The van der Waals surface area contributed by atoms with Crippen LogP contribution in [0.5, 0.6) is 0 Å². The summed E-state index contributed by atoms with van der Waals surface area (Å²) in [6.45, 7) is 3.02. The van der Waals surface area contributed by atoms with Crippen molar-refractivity contribution in [2.24, 2.45) is 5.92 Å². The first-order valence-electron chi connectivity index (χ1n) is 4.17. The Kier molecular flexibility index (Phi) is 2.56. The molecule has 0 saturated carbocycles. The molecule has 2 amide bonds. The lowest BCUT2D eigenvalue weighted by atomic mass is 10.1. The number of alkyl halides is 3. The highest BCUT2D eigenvalue weighted by Gasteiger charge is 2.54. The van der Waals surface area contributed by atoms with Crippen LogP contribution in [0.15, 0.2) is 0 Å². The maximum Gasteiger partial charge on any atom is 0.401 e. The minimum Gasteiger partial charge on any atom is -0.280 e. The quantitative estimate of drug-likeness (QED) is 0.611. The van der Waals surface area contributed by atoms with E-state index < -0.39 is 36.4 Å². The van der Waals surface area contributed by atoms with Crippen molar-refractivity contribution in [3.8, 4) is 0 Å². The lowest BCUT2D eigenvalue weighted by Crippen LogP contribution is -2.39. The largest absolute Gasteiger partial charge is 0.401 e. The average molecular weight is 209 g/mol. The number of hydrogen-bond donors (Lipinski definition) is 0. The monoisotopic (exact) mass is 209 g/mol. The van der Waals surface area contributed by atoms with Gasteiger partial charge in [0.05, 0.1) is 0 Å². The molecule has 0 aromatic carbocycles. The van der Waals surface area contributed by atoms with E-state index in [2.05, 4.69) is 0 Å². The fourth-order valence-corrected chi connectivity index (χ4v) is 1.45. The van der Waals surface area contributed by atoms with Crippen LogP contribution in [0.2, 0.25) is 0 Å². The number of carbonyl (C=O) groups excluding carboxylic acids is 2. The van der Waals surface area contributed by atoms with Crippen LogP contribution >= 0.6 is 0 Å². The molecule has 3 nitrogen and oxygen atoms in total. The van der Waals surface area contributed by atoms with Crippen molar-refractivity contribution in [2.45, 2.75) is 32.5 Å². The molecule has 1 heterocycles. The van der Waals surface area contributed by atoms with E-state index in [1.165, 1.54) is 13.8 Å². The third kappa shape index (κ3) is 1.73. The molecule has 1 rings (SSSR count). The standard InChI is InChI=1S/C8H10F3NO2/c1-4(2)12-6(13)3-5(7(12)14)8(9,10)11/h4-5H,3H2,1-2H3. The van der Waals surface area contributed by atoms with E-state index in [0.29, 0.717) is 4.90 Å². The van der Waals surface area contributed by atoms with E-state index in [0.717, 1.165) is 0 Å². The summed E-state index contributed by atoms with van der Waals surface area (Å²) >= 11 is 0. The summed E-state index contributed by atoms with van der Waals surface area (Å²) in [4.78, 5) is 23.0. The second-order valence-electron chi connectivity index (χ2n) is 3.49. The Bertz CT molecular complexity index is 272. The normalized spacial score (nSPS) is 23.9. The van der Waals surface area contributed by atoms with Crippen LogP contribution in [0, 0.1) is 5.92 Å². The summed E-state index contributed by atoms with van der Waals surface area (Å²) in [5, 5.41) is 0. The second-order valence-corrected chi connectivity index (χ2v) is 3.49. The topological polar surface area (TPSA) is 37.4 Å². The summed E-state index contributed by atoms with van der Waals surface area (Å²) in [6.07, 6.45) is -5.36. The van der Waals surface area contributed by atoms with Gasteiger partial charge in [0.15, 0.2) is 0 Å². The summed E-state index contributed by atoms with van der Waals surface area (Å²) < 4.78 is 36.7. The number of likely N-dealkylation sites (tertiary alicyclic amines) is 1. The second kappa shape index (κ2) is 3.25. The Balaban J connectivity index is 2.91. The molecular formula is C8H10F3NO2. The van der Waals surface area contributed by atoms with E-state index in [1.807, 2.05) is 0 Å². The average Bonchev–Trinajstić information content (AvgIpc) is 2.24. The van der Waals surface area contributed by atoms with Gasteiger partial charge in [0.1, 0.15) is 5.92 Å². The summed E-state index contributed by atoms with van der Waals surface area (Å²) in [5.41, 5.74) is 0. The van der Waals surface area contributed by atoms with Crippen LogP contribution < -0.4 is 0 Å². The molecule has 1 fully saturated rings. The lowest BCUT2D eigenvalue weighted by Gasteiger charge is -2.19. The van der Waals surface area contributed by atoms with Crippen LogP contribution in [0.4, 0.5) is 13.2 Å². The molecule has 1 unspecified atom stereocenters. The van der Waals surface area contributed by atoms with Gasteiger partial charge in [-0.25, -0.2) is 0 Å². The van der Waals surface area contributed by atoms with Gasteiger partial charge in [0.2, 0.25) is 11.8 Å². The van der Waals surface area contributed by atoms with Gasteiger partial charge in [-0.3, -0.25) is 14.5 Å². The van der Waals surface area contributed by atoms with Crippen molar-refractivity contribution in [1.29, 1.82) is 0 Å². The Hall–Kier alpha value is -1.07. The maximum absolute atomic E-state index is 12.2. The van der Waals surface area contributed by atoms with Crippen LogP contribution in [-0.2, 0) is 9.59 Å². The van der Waals surface area contributed by atoms with Gasteiger partial charge in [-0.15, -0.1) is 0 Å². The minimum absolute atomic E-state index is 0.512. The first-order chi connectivity index (χ1) is 6.25. The molecular weight excluding hydrogens is 199 g/mol. The molecule has 80 valence electrons. The van der Waals surface area contributed by atoms with Crippen molar-refractivity contribution < 1.29 is 22.8 Å². The molecule has 14 heavy (non-hydrogen) atoms. The third-order valence-electron chi connectivity index (χ3n) is 2.09. The van der Waals surface area contributed by atoms with Gasteiger partial charge in [-0.1, -0.05) is 0 Å². The van der Waals surface area contributed by atoms with Crippen LogP contribution in [-0.4, -0.2) is 28.9 Å². The highest BCUT2D eigenvalue weighted by molar-refractivity contribution is 6.04. The molecule has 1 saturated heterocycles. The smallest absolute Gasteiger partial charge is 0.280 e. The third-order valence-corrected chi connectivity index (χ3v) is 2.09. The van der Waals surface area contributed by atoms with E-state index in [4.69, 9.17) is 0 Å². The fraction of sp³-hybridized carbons (Fsp3) is 0.750. The van der Waals surface area contributed by atoms with Gasteiger partial charge < -0.3 is 0 Å². The Labute approximate surface area is 78.9 Å². The summed E-state index contributed by atoms with van der Waals surface area (Å²) in [6, 6.07) is -0.512. The van der Waals surface area contributed by atoms with Crippen molar-refractivity contribution in [2.75, 3.05) is 0 Å². The highest BCUT2D eigenvalue weighted by Crippen LogP contribution is 2.35. The highest BCUT2D eigenvalue weighted by atomic mass is 19.4. The summed E-state index contributed by atoms with van der Waals surface area (Å²) in [5.74, 6) is -4.01. The zero-order valence-electron chi connectivity index (χ0n) is 7.76. The Morgan fingerprint density at radius 3 is 2.07 bits per heavy atom. The molecule has 0 spiro atoms. The van der Waals surface area contributed by atoms with Gasteiger partial charge >= 0.3 is 6.18 Å². The van der Waals surface area contributed by atoms with Crippen LogP contribution in [0.25, 0.3) is 0 Å². The van der Waals surface area contributed by atoms with Gasteiger partial charge in [0, 0.05) is 12.5 Å². The fourth-order valence-electron chi connectivity index (χ4n) is 1.45. The lowest BCUT2D eigenvalue weighted by molar-refractivity contribution is -0.181. The number of amides is 2. The molecule has 0 aliphatic carbocycles. The first-order valence-corrected chi connectivity index (χ1v) is 4.17. The van der Waals surface area contributed by atoms with Crippen molar-refractivity contribution in [3.63, 3.8) is 0 Å². The van der Waals surface area contributed by atoms with Gasteiger partial charge in [-0.2, -0.15) is 13.2 Å². The molecule has 0 radical (unpaired) electrons. The number of hydrogen-bond acceptors (Lipinski definition) is 2. The number of rotatable bonds is 1. The van der Waals surface area contributed by atoms with Crippen LogP contribution in [0.3, 0.4) is 0 Å². The SMILES string of the molecule is CC(C)N1C(=O)CC(C(F)(F)F)C1=O. The van der Waals surface area contributed by atoms with Gasteiger partial charge in [0.25, 0.3) is 0 Å². The molecule has 1 atom stereocenters. The van der Waals surface area contributed by atoms with Crippen LogP contribution in [0.1, 0.15) is 20.3 Å². The minimum atomic E-state index is -4.61. The number of carbonyl (C=O) groups is 2. The van der Waals surface area contributed by atoms with E-state index >= 15 is 0 Å². The predicted molar refractivity (Wildman–Crippen MR) is 41.2 cm³/mol. The maximum atomic E-state index is 12.2. The summed E-state index contributed by atoms with van der Waals surface area (Å²) in [7, 11) is 0. The molecule has 6 heteroatoms. The Morgan fingerprint density at radius 2 is 1.86 bits per heavy atom. The molecule has 0 aromatic heterocycles. The molecule has 0 N–H and O–H groups in total. The molecule has 1 aliphatic heterocycles. The number of nitrogens with zero attached hydrogens (tertiary/aromatic N) is 1. The number of imide groups is 1. The zero-order valence-corrected chi connectivity index (χ0v) is 7.76. The number of halogens is 3. The van der Waals surface area contributed by atoms with Gasteiger partial charge in [-0.05, 0) is 13.8 Å². The molecule has 0 bridgehead atoms. The van der Waals surface area contributed by atoms with E-state index in [-0.39, 0.29) is 0 Å². The first kappa shape index (κ1) is 11.0. The van der Waals surface area contributed by atoms with E-state index in [1.54, 1.807) is 0 Å². The van der Waals surface area contributed by atoms with Crippen molar-refractivity contribution in [3.05, 3.63) is 0 Å². The van der Waals surface area contributed by atoms with Crippen molar-refractivity contribution in [1.82, 2.24) is 4.90 Å². The zero-order chi connectivity index (χ0) is 11.1. The predicted octanol–water partition coefficient (Wildman–Crippen LogP) is 1.33.